The van der Waals surface area contributed by atoms with Crippen molar-refractivity contribution in [1.29, 1.82) is 0 Å². The molecule has 1 aromatic rings. The van der Waals surface area contributed by atoms with Crippen LogP contribution in [0.3, 0.4) is 0 Å². The van der Waals surface area contributed by atoms with Crippen LogP contribution in [0.25, 0.3) is 0 Å². The van der Waals surface area contributed by atoms with Gasteiger partial charge in [0.1, 0.15) is 11.9 Å². The zero-order chi connectivity index (χ0) is 20.4. The SMILES string of the molecule is CCCOc1ccc(C2C3=C(OC4CCCCC4C3=O)C(=O)N2CCCO)cc1. The number of amides is 1. The lowest BCUT2D eigenvalue weighted by Crippen LogP contribution is -2.39. The predicted molar refractivity (Wildman–Crippen MR) is 107 cm³/mol. The molecule has 1 saturated carbocycles. The molecule has 1 aromatic carbocycles. The van der Waals surface area contributed by atoms with Crippen molar-refractivity contribution in [3.63, 3.8) is 0 Å². The zero-order valence-electron chi connectivity index (χ0n) is 16.9. The molecular weight excluding hydrogens is 370 g/mol. The zero-order valence-corrected chi connectivity index (χ0v) is 16.9. The molecule has 4 rings (SSSR count). The molecule has 6 nitrogen and oxygen atoms in total. The summed E-state index contributed by atoms with van der Waals surface area (Å²) < 4.78 is 11.8. The number of rotatable bonds is 7. The molecule has 3 atom stereocenters. The third-order valence-corrected chi connectivity index (χ3v) is 6.08. The Hall–Kier alpha value is -2.34. The Bertz CT molecular complexity index is 800. The fourth-order valence-electron chi connectivity index (χ4n) is 4.68. The van der Waals surface area contributed by atoms with Crippen LogP contribution in [0.4, 0.5) is 0 Å². The van der Waals surface area contributed by atoms with E-state index in [-0.39, 0.29) is 36.1 Å². The van der Waals surface area contributed by atoms with Gasteiger partial charge in [-0.05, 0) is 49.8 Å². The smallest absolute Gasteiger partial charge is 0.290 e. The van der Waals surface area contributed by atoms with Crippen LogP contribution in [0, 0.1) is 5.92 Å². The molecule has 0 spiro atoms. The van der Waals surface area contributed by atoms with Gasteiger partial charge in [0, 0.05) is 13.2 Å². The number of ketones is 1. The number of hydrogen-bond donors (Lipinski definition) is 1. The first kappa shape index (κ1) is 20.0. The average molecular weight is 399 g/mol. The summed E-state index contributed by atoms with van der Waals surface area (Å²) >= 11 is 0. The second-order valence-electron chi connectivity index (χ2n) is 8.05. The van der Waals surface area contributed by atoms with E-state index in [0.29, 0.717) is 25.1 Å². The van der Waals surface area contributed by atoms with Crippen LogP contribution >= 0.6 is 0 Å². The molecule has 3 unspecified atom stereocenters. The molecule has 0 saturated heterocycles. The van der Waals surface area contributed by atoms with E-state index >= 15 is 0 Å². The maximum Gasteiger partial charge on any atom is 0.290 e. The predicted octanol–water partition coefficient (Wildman–Crippen LogP) is 3.15. The number of benzene rings is 1. The van der Waals surface area contributed by atoms with Crippen molar-refractivity contribution in [3.8, 4) is 5.75 Å². The van der Waals surface area contributed by atoms with Crippen molar-refractivity contribution >= 4 is 11.7 Å². The number of aliphatic hydroxyl groups is 1. The summed E-state index contributed by atoms with van der Waals surface area (Å²) in [6.45, 7) is 3.07. The molecule has 1 amide bonds. The second-order valence-corrected chi connectivity index (χ2v) is 8.05. The molecule has 6 heteroatoms. The normalized spacial score (nSPS) is 26.3. The lowest BCUT2D eigenvalue weighted by atomic mass is 9.77. The van der Waals surface area contributed by atoms with Gasteiger partial charge in [0.2, 0.25) is 0 Å². The van der Waals surface area contributed by atoms with E-state index in [9.17, 15) is 14.7 Å². The number of carbonyl (C=O) groups excluding carboxylic acids is 2. The highest BCUT2D eigenvalue weighted by Crippen LogP contribution is 2.46. The summed E-state index contributed by atoms with van der Waals surface area (Å²) in [5, 5.41) is 9.30. The Morgan fingerprint density at radius 2 is 1.93 bits per heavy atom. The molecule has 156 valence electrons. The molecule has 1 aliphatic carbocycles. The third-order valence-electron chi connectivity index (χ3n) is 6.08. The number of aliphatic hydroxyl groups excluding tert-OH is 1. The average Bonchev–Trinajstić information content (AvgIpc) is 3.03. The summed E-state index contributed by atoms with van der Waals surface area (Å²) in [6, 6.07) is 7.15. The monoisotopic (exact) mass is 399 g/mol. The van der Waals surface area contributed by atoms with Crippen molar-refractivity contribution in [1.82, 2.24) is 4.90 Å². The Kier molecular flexibility index (Phi) is 5.90. The maximum absolute atomic E-state index is 13.4. The molecule has 2 heterocycles. The molecule has 0 bridgehead atoms. The van der Waals surface area contributed by atoms with E-state index in [0.717, 1.165) is 43.4 Å². The number of carbonyl (C=O) groups is 2. The van der Waals surface area contributed by atoms with Gasteiger partial charge in [-0.25, -0.2) is 0 Å². The van der Waals surface area contributed by atoms with Gasteiger partial charge in [0.25, 0.3) is 5.91 Å². The highest BCUT2D eigenvalue weighted by Gasteiger charge is 2.51. The van der Waals surface area contributed by atoms with Crippen LogP contribution in [0.5, 0.6) is 5.75 Å². The van der Waals surface area contributed by atoms with E-state index in [1.165, 1.54) is 0 Å². The Balaban J connectivity index is 1.69. The molecule has 0 aromatic heterocycles. The summed E-state index contributed by atoms with van der Waals surface area (Å²) in [6.07, 6.45) is 4.91. The van der Waals surface area contributed by atoms with Crippen LogP contribution in [0.15, 0.2) is 35.6 Å². The minimum atomic E-state index is -0.459. The maximum atomic E-state index is 13.4. The summed E-state index contributed by atoms with van der Waals surface area (Å²) in [5.74, 6) is 0.680. The number of hydrogen-bond acceptors (Lipinski definition) is 5. The fraction of sp³-hybridized carbons (Fsp3) is 0.565. The lowest BCUT2D eigenvalue weighted by molar-refractivity contribution is -0.135. The third kappa shape index (κ3) is 3.66. The topological polar surface area (TPSA) is 76.1 Å². The van der Waals surface area contributed by atoms with Gasteiger partial charge in [-0.15, -0.1) is 0 Å². The van der Waals surface area contributed by atoms with E-state index in [1.54, 1.807) is 4.90 Å². The Morgan fingerprint density at radius 3 is 2.66 bits per heavy atom. The van der Waals surface area contributed by atoms with Crippen LogP contribution in [0.2, 0.25) is 0 Å². The van der Waals surface area contributed by atoms with E-state index in [1.807, 2.05) is 24.3 Å². The van der Waals surface area contributed by atoms with Gasteiger partial charge in [0.15, 0.2) is 11.5 Å². The van der Waals surface area contributed by atoms with Gasteiger partial charge < -0.3 is 19.5 Å². The standard InChI is InChI=1S/C23H29NO5/c1-2-14-28-16-10-8-15(9-11-16)20-19-21(26)17-6-3-4-7-18(17)29-22(19)23(27)24(20)12-5-13-25/h8-11,17-18,20,25H,2-7,12-14H2,1H3. The van der Waals surface area contributed by atoms with Gasteiger partial charge in [0.05, 0.1) is 24.1 Å². The van der Waals surface area contributed by atoms with Gasteiger partial charge in [-0.2, -0.15) is 0 Å². The van der Waals surface area contributed by atoms with Crippen molar-refractivity contribution in [3.05, 3.63) is 41.2 Å². The molecule has 2 aliphatic heterocycles. The highest BCUT2D eigenvalue weighted by molar-refractivity contribution is 6.11. The first-order valence-corrected chi connectivity index (χ1v) is 10.7. The minimum Gasteiger partial charge on any atom is -0.494 e. The fourth-order valence-corrected chi connectivity index (χ4v) is 4.68. The van der Waals surface area contributed by atoms with Crippen LogP contribution in [0.1, 0.15) is 57.1 Å². The summed E-state index contributed by atoms with van der Waals surface area (Å²) in [7, 11) is 0. The van der Waals surface area contributed by atoms with Crippen molar-refractivity contribution in [2.24, 2.45) is 5.92 Å². The number of fused-ring (bicyclic) bond motifs is 1. The van der Waals surface area contributed by atoms with Crippen LogP contribution in [-0.4, -0.2) is 47.6 Å². The molecule has 29 heavy (non-hydrogen) atoms. The lowest BCUT2D eigenvalue weighted by Gasteiger charge is -2.35. The van der Waals surface area contributed by atoms with Gasteiger partial charge >= 0.3 is 0 Å². The van der Waals surface area contributed by atoms with Gasteiger partial charge in [-0.1, -0.05) is 25.5 Å². The first-order chi connectivity index (χ1) is 14.2. The second kappa shape index (κ2) is 8.57. The summed E-state index contributed by atoms with van der Waals surface area (Å²) in [4.78, 5) is 28.2. The number of Topliss-reactive ketones (excluding diaryl/α,β-unsaturated/α-hetero) is 1. The molecular formula is C23H29NO5. The summed E-state index contributed by atoms with van der Waals surface area (Å²) in [5.41, 5.74) is 1.37. The first-order valence-electron chi connectivity index (χ1n) is 10.7. The molecule has 3 aliphatic rings. The van der Waals surface area contributed by atoms with Crippen LogP contribution in [-0.2, 0) is 14.3 Å². The van der Waals surface area contributed by atoms with E-state index in [4.69, 9.17) is 9.47 Å². The van der Waals surface area contributed by atoms with Crippen LogP contribution < -0.4 is 4.74 Å². The van der Waals surface area contributed by atoms with Crippen molar-refractivity contribution in [2.75, 3.05) is 19.8 Å². The number of nitrogens with zero attached hydrogens (tertiary/aromatic N) is 1. The van der Waals surface area contributed by atoms with E-state index < -0.39 is 6.04 Å². The van der Waals surface area contributed by atoms with Crippen molar-refractivity contribution in [2.45, 2.75) is 57.6 Å². The molecule has 1 N–H and O–H groups in total. The Labute approximate surface area is 171 Å². The largest absolute Gasteiger partial charge is 0.494 e. The van der Waals surface area contributed by atoms with Gasteiger partial charge in [-0.3, -0.25) is 9.59 Å². The van der Waals surface area contributed by atoms with E-state index in [2.05, 4.69) is 6.92 Å². The van der Waals surface area contributed by atoms with Crippen molar-refractivity contribution < 1.29 is 24.2 Å². The number of ether oxygens (including phenoxy) is 2. The molecule has 1 fully saturated rings. The highest BCUT2D eigenvalue weighted by atomic mass is 16.5. The Morgan fingerprint density at radius 1 is 1.17 bits per heavy atom. The minimum absolute atomic E-state index is 0.00891. The molecule has 0 radical (unpaired) electrons. The quantitative estimate of drug-likeness (QED) is 0.762.